The minimum absolute atomic E-state index is 0.296. The van der Waals surface area contributed by atoms with E-state index in [1.165, 1.54) is 37.5 Å². The molecule has 0 bridgehead atoms. The molecule has 1 saturated carbocycles. The number of hydrogen-bond donors (Lipinski definition) is 2. The average Bonchev–Trinajstić information content (AvgIpc) is 2.74. The van der Waals surface area contributed by atoms with Crippen molar-refractivity contribution in [1.29, 1.82) is 0 Å². The summed E-state index contributed by atoms with van der Waals surface area (Å²) in [6.07, 6.45) is 0.981. The van der Waals surface area contributed by atoms with Gasteiger partial charge < -0.3 is 15.4 Å². The molecule has 162 valence electrons. The summed E-state index contributed by atoms with van der Waals surface area (Å²) in [5, 5.41) is 6.50. The third-order valence-corrected chi connectivity index (χ3v) is 5.07. The van der Waals surface area contributed by atoms with Crippen LogP contribution in [0.1, 0.15) is 32.1 Å². The lowest BCUT2D eigenvalue weighted by Gasteiger charge is -2.23. The first-order valence-corrected chi connectivity index (χ1v) is 10.3. The van der Waals surface area contributed by atoms with E-state index in [2.05, 4.69) is 25.3 Å². The third kappa shape index (κ3) is 6.10. The zero-order chi connectivity index (χ0) is 21.7. The van der Waals surface area contributed by atoms with Crippen molar-refractivity contribution < 1.29 is 17.9 Å². The second-order valence-electron chi connectivity index (χ2n) is 7.51. The molecule has 1 fully saturated rings. The van der Waals surface area contributed by atoms with Gasteiger partial charge in [0.05, 0.1) is 5.69 Å². The van der Waals surface area contributed by atoms with Gasteiger partial charge in [0.2, 0.25) is 5.95 Å². The van der Waals surface area contributed by atoms with Gasteiger partial charge in [-0.15, -0.1) is 13.2 Å². The highest BCUT2D eigenvalue weighted by Gasteiger charge is 2.31. The minimum Gasteiger partial charge on any atom is -0.406 e. The van der Waals surface area contributed by atoms with Gasteiger partial charge in [0.15, 0.2) is 0 Å². The molecule has 1 aliphatic carbocycles. The SMILES string of the molecule is FC(F)(F)Oc1cccc(Nc2cc(-c3ccccc3)nc(NC3CCCCC3)n2)c1. The zero-order valence-corrected chi connectivity index (χ0v) is 16.8. The summed E-state index contributed by atoms with van der Waals surface area (Å²) in [5.74, 6) is 0.685. The highest BCUT2D eigenvalue weighted by Crippen LogP contribution is 2.29. The maximum Gasteiger partial charge on any atom is 0.573 e. The van der Waals surface area contributed by atoms with Gasteiger partial charge in [-0.3, -0.25) is 0 Å². The number of rotatable bonds is 6. The van der Waals surface area contributed by atoms with Crippen LogP contribution in [0, 0.1) is 0 Å². The van der Waals surface area contributed by atoms with E-state index in [1.54, 1.807) is 12.1 Å². The third-order valence-electron chi connectivity index (χ3n) is 5.07. The quantitative estimate of drug-likeness (QED) is 0.467. The molecule has 0 radical (unpaired) electrons. The molecule has 31 heavy (non-hydrogen) atoms. The number of nitrogens with zero attached hydrogens (tertiary/aromatic N) is 2. The van der Waals surface area contributed by atoms with E-state index in [4.69, 9.17) is 0 Å². The maximum absolute atomic E-state index is 12.5. The molecule has 8 heteroatoms. The summed E-state index contributed by atoms with van der Waals surface area (Å²) in [6.45, 7) is 0. The Morgan fingerprint density at radius 1 is 0.871 bits per heavy atom. The molecule has 0 unspecified atom stereocenters. The Hall–Kier alpha value is -3.29. The average molecular weight is 428 g/mol. The number of benzene rings is 2. The zero-order valence-electron chi connectivity index (χ0n) is 16.8. The largest absolute Gasteiger partial charge is 0.573 e. The summed E-state index contributed by atoms with van der Waals surface area (Å²) in [5.41, 5.74) is 2.08. The smallest absolute Gasteiger partial charge is 0.406 e. The molecule has 0 amide bonds. The van der Waals surface area contributed by atoms with E-state index in [9.17, 15) is 13.2 Å². The Morgan fingerprint density at radius 2 is 1.65 bits per heavy atom. The van der Waals surface area contributed by atoms with E-state index in [0.29, 0.717) is 23.5 Å². The topological polar surface area (TPSA) is 59.1 Å². The molecule has 0 atom stereocenters. The van der Waals surface area contributed by atoms with Crippen LogP contribution in [0.3, 0.4) is 0 Å². The first-order chi connectivity index (χ1) is 14.9. The Labute approximate surface area is 178 Å². The predicted octanol–water partition coefficient (Wildman–Crippen LogP) is 6.53. The minimum atomic E-state index is -4.74. The van der Waals surface area contributed by atoms with Crippen LogP contribution < -0.4 is 15.4 Å². The van der Waals surface area contributed by atoms with E-state index in [1.807, 2.05) is 30.3 Å². The van der Waals surface area contributed by atoms with Crippen molar-refractivity contribution in [1.82, 2.24) is 9.97 Å². The molecule has 0 saturated heterocycles. The summed E-state index contributed by atoms with van der Waals surface area (Å²) in [7, 11) is 0. The van der Waals surface area contributed by atoms with Gasteiger partial charge in [-0.25, -0.2) is 4.98 Å². The fourth-order valence-electron chi connectivity index (χ4n) is 3.68. The molecule has 1 aliphatic rings. The Balaban J connectivity index is 1.61. The predicted molar refractivity (Wildman–Crippen MR) is 114 cm³/mol. The van der Waals surface area contributed by atoms with Gasteiger partial charge in [-0.1, -0.05) is 55.7 Å². The molecular weight excluding hydrogens is 405 g/mol. The molecule has 4 rings (SSSR count). The van der Waals surface area contributed by atoms with Gasteiger partial charge in [0.25, 0.3) is 0 Å². The fraction of sp³-hybridized carbons (Fsp3) is 0.304. The Morgan fingerprint density at radius 3 is 2.39 bits per heavy atom. The van der Waals surface area contributed by atoms with Crippen molar-refractivity contribution in [2.45, 2.75) is 44.5 Å². The molecule has 1 heterocycles. The number of alkyl halides is 3. The molecule has 2 N–H and O–H groups in total. The number of ether oxygens (including phenoxy) is 1. The van der Waals surface area contributed by atoms with Crippen LogP contribution in [0.5, 0.6) is 5.75 Å². The van der Waals surface area contributed by atoms with Crippen molar-refractivity contribution >= 4 is 17.5 Å². The van der Waals surface area contributed by atoms with Crippen LogP contribution in [0.4, 0.5) is 30.6 Å². The molecule has 5 nitrogen and oxygen atoms in total. The lowest BCUT2D eigenvalue weighted by Crippen LogP contribution is -2.23. The van der Waals surface area contributed by atoms with Crippen LogP contribution in [0.2, 0.25) is 0 Å². The van der Waals surface area contributed by atoms with Crippen molar-refractivity contribution in [3.05, 3.63) is 60.7 Å². The summed E-state index contributed by atoms with van der Waals surface area (Å²) < 4.78 is 41.6. The second kappa shape index (κ2) is 9.24. The van der Waals surface area contributed by atoms with Crippen LogP contribution in [-0.2, 0) is 0 Å². The first kappa shape index (κ1) is 21.0. The molecule has 0 spiro atoms. The summed E-state index contributed by atoms with van der Waals surface area (Å²) in [4.78, 5) is 9.23. The highest BCUT2D eigenvalue weighted by atomic mass is 19.4. The Kier molecular flexibility index (Phi) is 6.25. The van der Waals surface area contributed by atoms with Crippen LogP contribution in [0.25, 0.3) is 11.3 Å². The van der Waals surface area contributed by atoms with Crippen LogP contribution >= 0.6 is 0 Å². The van der Waals surface area contributed by atoms with E-state index in [-0.39, 0.29) is 5.75 Å². The number of nitrogens with one attached hydrogen (secondary N) is 2. The molecule has 2 aromatic carbocycles. The van der Waals surface area contributed by atoms with E-state index < -0.39 is 6.36 Å². The molecule has 1 aromatic heterocycles. The van der Waals surface area contributed by atoms with E-state index in [0.717, 1.165) is 24.1 Å². The van der Waals surface area contributed by atoms with E-state index >= 15 is 0 Å². The van der Waals surface area contributed by atoms with Gasteiger partial charge >= 0.3 is 6.36 Å². The van der Waals surface area contributed by atoms with Crippen molar-refractivity contribution in [3.63, 3.8) is 0 Å². The summed E-state index contributed by atoms with van der Waals surface area (Å²) >= 11 is 0. The number of halogens is 3. The Bertz CT molecular complexity index is 1010. The van der Waals surface area contributed by atoms with Gasteiger partial charge in [-0.05, 0) is 25.0 Å². The van der Waals surface area contributed by atoms with Crippen molar-refractivity contribution in [3.8, 4) is 17.0 Å². The second-order valence-corrected chi connectivity index (χ2v) is 7.51. The van der Waals surface area contributed by atoms with Gasteiger partial charge in [0.1, 0.15) is 11.6 Å². The molecular formula is C23H23F3N4O. The maximum atomic E-state index is 12.5. The van der Waals surface area contributed by atoms with Gasteiger partial charge in [-0.2, -0.15) is 4.98 Å². The molecule has 3 aromatic rings. The normalized spacial score (nSPS) is 14.8. The first-order valence-electron chi connectivity index (χ1n) is 10.3. The van der Waals surface area contributed by atoms with Crippen LogP contribution in [0.15, 0.2) is 60.7 Å². The van der Waals surface area contributed by atoms with Crippen LogP contribution in [-0.4, -0.2) is 22.4 Å². The number of aromatic nitrogens is 2. The highest BCUT2D eigenvalue weighted by molar-refractivity contribution is 5.67. The van der Waals surface area contributed by atoms with Crippen molar-refractivity contribution in [2.75, 3.05) is 10.6 Å². The molecule has 0 aliphatic heterocycles. The number of hydrogen-bond acceptors (Lipinski definition) is 5. The van der Waals surface area contributed by atoms with Crippen molar-refractivity contribution in [2.24, 2.45) is 0 Å². The standard InChI is InChI=1S/C23H23F3N4O/c24-23(25,26)31-19-13-7-12-18(14-19)27-21-15-20(16-8-3-1-4-9-16)29-22(30-21)28-17-10-5-2-6-11-17/h1,3-4,7-9,12-15,17H,2,5-6,10-11H2,(H2,27,28,29,30). The number of anilines is 3. The van der Waals surface area contributed by atoms with Gasteiger partial charge in [0, 0.05) is 29.4 Å². The summed E-state index contributed by atoms with van der Waals surface area (Å²) in [6, 6.07) is 17.5. The monoisotopic (exact) mass is 428 g/mol. The lowest BCUT2D eigenvalue weighted by atomic mass is 9.96. The fourth-order valence-corrected chi connectivity index (χ4v) is 3.68. The lowest BCUT2D eigenvalue weighted by molar-refractivity contribution is -0.274.